The Morgan fingerprint density at radius 1 is 0.386 bits per heavy atom. The number of anilines is 3. The van der Waals surface area contributed by atoms with Gasteiger partial charge in [0, 0.05) is 44.5 Å². The van der Waals surface area contributed by atoms with Crippen LogP contribution in [0.5, 0.6) is 0 Å². The molecule has 0 aliphatic rings. The minimum Gasteiger partial charge on any atom is -0.435 e. The van der Waals surface area contributed by atoms with E-state index in [2.05, 4.69) is 191 Å². The van der Waals surface area contributed by atoms with Crippen molar-refractivity contribution in [1.82, 2.24) is 9.55 Å². The van der Waals surface area contributed by atoms with Crippen LogP contribution in [0.1, 0.15) is 0 Å². The normalized spacial score (nSPS) is 11.5. The third-order valence-corrected chi connectivity index (χ3v) is 11.0. The Morgan fingerprint density at radius 2 is 0.912 bits per heavy atom. The summed E-state index contributed by atoms with van der Waals surface area (Å²) < 4.78 is 8.79. The smallest absolute Gasteiger partial charge is 0.227 e. The second-order valence-electron chi connectivity index (χ2n) is 14.4. The van der Waals surface area contributed by atoms with Crippen molar-refractivity contribution < 1.29 is 4.42 Å². The van der Waals surface area contributed by atoms with Crippen molar-refractivity contribution >= 4 is 60.7 Å². The second kappa shape index (κ2) is 13.6. The summed E-state index contributed by atoms with van der Waals surface area (Å²) in [5, 5.41) is 4.63. The fourth-order valence-electron chi connectivity index (χ4n) is 8.32. The van der Waals surface area contributed by atoms with Crippen LogP contribution in [0.3, 0.4) is 0 Å². The molecule has 0 radical (unpaired) electrons. The lowest BCUT2D eigenvalue weighted by atomic mass is 9.97. The molecule has 0 N–H and O–H groups in total. The zero-order chi connectivity index (χ0) is 37.7. The molecule has 0 atom stereocenters. The SMILES string of the molecule is c1ccc(-c2ccc(N(c3ccc(-c4cc5nc(-c6ccccc6)oc5c5ccccc45)cc3)c3ccc4c5ccccc5n(-c5ccccc5)c4c3)cc2)cc1. The predicted octanol–water partition coefficient (Wildman–Crippen LogP) is 14.5. The Hall–Kier alpha value is -7.69. The molecule has 2 heterocycles. The Labute approximate surface area is 330 Å². The van der Waals surface area contributed by atoms with Crippen molar-refractivity contribution in [3.8, 4) is 39.4 Å². The molecule has 4 nitrogen and oxygen atoms in total. The Morgan fingerprint density at radius 3 is 1.61 bits per heavy atom. The molecule has 0 saturated heterocycles. The van der Waals surface area contributed by atoms with Crippen LogP contribution in [0.15, 0.2) is 217 Å². The Bertz CT molecular complexity index is 3200. The van der Waals surface area contributed by atoms with Crippen LogP contribution in [-0.4, -0.2) is 9.55 Å². The first-order valence-electron chi connectivity index (χ1n) is 19.3. The number of benzene rings is 9. The third kappa shape index (κ3) is 5.66. The van der Waals surface area contributed by atoms with E-state index in [4.69, 9.17) is 9.40 Å². The molecule has 0 amide bonds. The quantitative estimate of drug-likeness (QED) is 0.164. The number of hydrogen-bond acceptors (Lipinski definition) is 3. The van der Waals surface area contributed by atoms with Gasteiger partial charge in [0.2, 0.25) is 5.89 Å². The van der Waals surface area contributed by atoms with E-state index in [1.165, 1.54) is 27.4 Å². The first-order chi connectivity index (χ1) is 28.3. The molecule has 0 fully saturated rings. The summed E-state index contributed by atoms with van der Waals surface area (Å²) in [4.78, 5) is 7.32. The molecular formula is C53H35N3O. The topological polar surface area (TPSA) is 34.2 Å². The average molecular weight is 730 g/mol. The summed E-state index contributed by atoms with van der Waals surface area (Å²) in [7, 11) is 0. The van der Waals surface area contributed by atoms with Crippen LogP contribution >= 0.6 is 0 Å². The zero-order valence-corrected chi connectivity index (χ0v) is 31.0. The first-order valence-corrected chi connectivity index (χ1v) is 19.3. The number of oxazole rings is 1. The third-order valence-electron chi connectivity index (χ3n) is 11.0. The van der Waals surface area contributed by atoms with Crippen molar-refractivity contribution in [3.05, 3.63) is 212 Å². The standard InChI is InChI=1S/C53H35N3O/c1-4-14-36(15-5-1)37-24-28-41(29-25-37)55(43-32-33-46-45-21-12-13-23-50(45)56(51(46)34-43)40-18-8-3-9-19-40)42-30-26-38(27-31-42)48-35-49-52(47-22-11-10-20-44(47)48)57-53(54-49)39-16-6-2-7-17-39/h1-35H. The summed E-state index contributed by atoms with van der Waals surface area (Å²) in [6.07, 6.45) is 0. The summed E-state index contributed by atoms with van der Waals surface area (Å²) >= 11 is 0. The van der Waals surface area contributed by atoms with Crippen molar-refractivity contribution in [2.75, 3.05) is 4.90 Å². The average Bonchev–Trinajstić information content (AvgIpc) is 3.87. The van der Waals surface area contributed by atoms with Gasteiger partial charge in [-0.05, 0) is 100 Å². The number of hydrogen-bond donors (Lipinski definition) is 0. The van der Waals surface area contributed by atoms with Gasteiger partial charge in [-0.3, -0.25) is 0 Å². The molecular weight excluding hydrogens is 695 g/mol. The maximum atomic E-state index is 6.41. The summed E-state index contributed by atoms with van der Waals surface area (Å²) in [5.74, 6) is 0.625. The van der Waals surface area contributed by atoms with Gasteiger partial charge in [0.05, 0.1) is 11.0 Å². The Kier molecular flexibility index (Phi) is 7.78. The van der Waals surface area contributed by atoms with E-state index < -0.39 is 0 Å². The monoisotopic (exact) mass is 729 g/mol. The molecule has 0 spiro atoms. The van der Waals surface area contributed by atoms with E-state index in [1.54, 1.807) is 0 Å². The van der Waals surface area contributed by atoms with Crippen molar-refractivity contribution in [1.29, 1.82) is 0 Å². The van der Waals surface area contributed by atoms with Gasteiger partial charge in [0.25, 0.3) is 0 Å². The van der Waals surface area contributed by atoms with E-state index in [0.29, 0.717) is 5.89 Å². The van der Waals surface area contributed by atoms with E-state index in [9.17, 15) is 0 Å². The van der Waals surface area contributed by atoms with E-state index in [1.807, 2.05) is 30.3 Å². The lowest BCUT2D eigenvalue weighted by Gasteiger charge is -2.26. The lowest BCUT2D eigenvalue weighted by molar-refractivity contribution is 0.623. The number of para-hydroxylation sites is 2. The van der Waals surface area contributed by atoms with Crippen LogP contribution in [0, 0.1) is 0 Å². The number of aromatic nitrogens is 2. The highest BCUT2D eigenvalue weighted by Crippen LogP contribution is 2.42. The summed E-state index contributed by atoms with van der Waals surface area (Å²) in [6, 6.07) is 75.2. The van der Waals surface area contributed by atoms with E-state index in [-0.39, 0.29) is 0 Å². The van der Waals surface area contributed by atoms with Gasteiger partial charge < -0.3 is 13.9 Å². The van der Waals surface area contributed by atoms with Crippen molar-refractivity contribution in [2.45, 2.75) is 0 Å². The number of fused-ring (bicyclic) bond motifs is 6. The molecule has 0 saturated carbocycles. The van der Waals surface area contributed by atoms with Gasteiger partial charge in [0.15, 0.2) is 5.58 Å². The highest BCUT2D eigenvalue weighted by molar-refractivity contribution is 6.12. The molecule has 0 aliphatic carbocycles. The molecule has 11 rings (SSSR count). The molecule has 0 aliphatic heterocycles. The lowest BCUT2D eigenvalue weighted by Crippen LogP contribution is -2.10. The number of rotatable bonds is 7. The van der Waals surface area contributed by atoms with E-state index >= 15 is 0 Å². The highest BCUT2D eigenvalue weighted by Gasteiger charge is 2.19. The van der Waals surface area contributed by atoms with Gasteiger partial charge in [-0.1, -0.05) is 140 Å². The maximum absolute atomic E-state index is 6.41. The van der Waals surface area contributed by atoms with Gasteiger partial charge in [-0.25, -0.2) is 4.98 Å². The zero-order valence-electron chi connectivity index (χ0n) is 31.0. The summed E-state index contributed by atoms with van der Waals surface area (Å²) in [6.45, 7) is 0. The Balaban J connectivity index is 1.06. The highest BCUT2D eigenvalue weighted by atomic mass is 16.3. The van der Waals surface area contributed by atoms with Crippen molar-refractivity contribution in [2.24, 2.45) is 0 Å². The first kappa shape index (κ1) is 32.7. The molecule has 0 bridgehead atoms. The molecule has 9 aromatic carbocycles. The van der Waals surface area contributed by atoms with Gasteiger partial charge in [0.1, 0.15) is 5.52 Å². The molecule has 2 aromatic heterocycles. The molecule has 4 heteroatoms. The fraction of sp³-hybridized carbons (Fsp3) is 0. The molecule has 11 aromatic rings. The minimum absolute atomic E-state index is 0.625. The van der Waals surface area contributed by atoms with E-state index in [0.717, 1.165) is 66.8 Å². The van der Waals surface area contributed by atoms with Gasteiger partial charge >= 0.3 is 0 Å². The molecule has 268 valence electrons. The van der Waals surface area contributed by atoms with Gasteiger partial charge in [-0.2, -0.15) is 0 Å². The van der Waals surface area contributed by atoms with Crippen LogP contribution in [0.4, 0.5) is 17.1 Å². The van der Waals surface area contributed by atoms with Gasteiger partial charge in [-0.15, -0.1) is 0 Å². The van der Waals surface area contributed by atoms with Crippen molar-refractivity contribution in [3.63, 3.8) is 0 Å². The fourth-order valence-corrected chi connectivity index (χ4v) is 8.32. The van der Waals surface area contributed by atoms with Crippen LogP contribution in [0.25, 0.3) is 83.1 Å². The maximum Gasteiger partial charge on any atom is 0.227 e. The molecule has 0 unspecified atom stereocenters. The second-order valence-corrected chi connectivity index (χ2v) is 14.4. The van der Waals surface area contributed by atoms with Crippen LogP contribution < -0.4 is 4.90 Å². The molecule has 57 heavy (non-hydrogen) atoms. The van der Waals surface area contributed by atoms with Crippen LogP contribution in [-0.2, 0) is 0 Å². The number of nitrogens with zero attached hydrogens (tertiary/aromatic N) is 3. The predicted molar refractivity (Wildman–Crippen MR) is 237 cm³/mol. The minimum atomic E-state index is 0.625. The largest absolute Gasteiger partial charge is 0.435 e. The van der Waals surface area contributed by atoms with Crippen LogP contribution in [0.2, 0.25) is 0 Å². The summed E-state index contributed by atoms with van der Waals surface area (Å²) in [5.41, 5.74) is 13.9.